The van der Waals surface area contributed by atoms with Gasteiger partial charge in [0.15, 0.2) is 0 Å². The number of benzene rings is 3. The number of aliphatic hydroxyl groups excluding tert-OH is 1. The molecule has 30 heavy (non-hydrogen) atoms. The molecule has 0 aliphatic rings. The highest BCUT2D eigenvalue weighted by molar-refractivity contribution is 5.94. The number of hydrogen-bond acceptors (Lipinski definition) is 3. The summed E-state index contributed by atoms with van der Waals surface area (Å²) in [5.74, 6) is -0.363. The zero-order valence-corrected chi connectivity index (χ0v) is 17.1. The van der Waals surface area contributed by atoms with Crippen LogP contribution in [0.1, 0.15) is 39.4 Å². The lowest BCUT2D eigenvalue weighted by Crippen LogP contribution is -2.29. The van der Waals surface area contributed by atoms with Crippen LogP contribution in [0.25, 0.3) is 0 Å². The Hall–Kier alpha value is -2.95. The Kier molecular flexibility index (Phi) is 8.19. The van der Waals surface area contributed by atoms with E-state index in [1.807, 2.05) is 61.0 Å². The molecule has 0 saturated carbocycles. The van der Waals surface area contributed by atoms with Crippen molar-refractivity contribution in [1.82, 2.24) is 5.32 Å². The predicted octanol–water partition coefficient (Wildman–Crippen LogP) is 3.70. The molecule has 0 aliphatic carbocycles. The van der Waals surface area contributed by atoms with Crippen molar-refractivity contribution in [3.63, 3.8) is 0 Å². The number of nitrogens with one attached hydrogen (secondary N) is 1. The van der Waals surface area contributed by atoms with Gasteiger partial charge in [-0.2, -0.15) is 0 Å². The van der Waals surface area contributed by atoms with Gasteiger partial charge >= 0.3 is 0 Å². The highest BCUT2D eigenvalue weighted by Crippen LogP contribution is 2.30. The number of primary amides is 1. The average molecular weight is 402 g/mol. The van der Waals surface area contributed by atoms with Crippen molar-refractivity contribution in [2.75, 3.05) is 13.1 Å². The summed E-state index contributed by atoms with van der Waals surface area (Å²) >= 11 is 0. The average Bonchev–Trinajstić information content (AvgIpc) is 2.79. The molecule has 4 nitrogen and oxygen atoms in total. The minimum atomic E-state index is -0.515. The molecule has 4 heteroatoms. The highest BCUT2D eigenvalue weighted by Gasteiger charge is 2.19. The summed E-state index contributed by atoms with van der Waals surface area (Å²) in [6, 6.07) is 27.8. The Labute approximate surface area is 178 Å². The number of carbonyl (C=O) groups excluding carboxylic acids is 1. The molecule has 2 atom stereocenters. The van der Waals surface area contributed by atoms with Crippen LogP contribution in [0, 0.1) is 6.42 Å². The van der Waals surface area contributed by atoms with Gasteiger partial charge in [-0.3, -0.25) is 4.79 Å². The Morgan fingerprint density at radius 2 is 1.57 bits per heavy atom. The zero-order chi connectivity index (χ0) is 21.2. The molecular weight excluding hydrogens is 372 g/mol. The van der Waals surface area contributed by atoms with E-state index in [0.29, 0.717) is 18.7 Å². The lowest BCUT2D eigenvalue weighted by Gasteiger charge is -2.21. The number of amides is 1. The summed E-state index contributed by atoms with van der Waals surface area (Å²) in [6.07, 6.45) is 2.93. The van der Waals surface area contributed by atoms with Gasteiger partial charge in [-0.25, -0.2) is 0 Å². The lowest BCUT2D eigenvalue weighted by atomic mass is 9.85. The third-order valence-electron chi connectivity index (χ3n) is 5.24. The van der Waals surface area contributed by atoms with Gasteiger partial charge in [-0.1, -0.05) is 78.9 Å². The second-order valence-electron chi connectivity index (χ2n) is 7.40. The zero-order valence-electron chi connectivity index (χ0n) is 17.1. The molecule has 0 aliphatic heterocycles. The molecule has 0 heterocycles. The van der Waals surface area contributed by atoms with E-state index in [9.17, 15) is 9.90 Å². The SMILES string of the molecule is NC(=O)c1ccccc1C(CCNC[C@H](O)[CH]Cc1ccccc1)c1ccccc1. The van der Waals surface area contributed by atoms with Crippen LogP contribution in [0.5, 0.6) is 0 Å². The van der Waals surface area contributed by atoms with Gasteiger partial charge in [0, 0.05) is 18.0 Å². The fourth-order valence-electron chi connectivity index (χ4n) is 3.68. The van der Waals surface area contributed by atoms with E-state index in [1.54, 1.807) is 6.07 Å². The summed E-state index contributed by atoms with van der Waals surface area (Å²) in [5, 5.41) is 13.6. The van der Waals surface area contributed by atoms with E-state index >= 15 is 0 Å². The summed E-state index contributed by atoms with van der Waals surface area (Å²) in [4.78, 5) is 11.9. The number of hydrogen-bond donors (Lipinski definition) is 3. The molecule has 1 radical (unpaired) electrons. The molecule has 0 fully saturated rings. The number of rotatable bonds is 11. The molecule has 0 bridgehead atoms. The number of aliphatic hydroxyl groups is 1. The van der Waals surface area contributed by atoms with Gasteiger partial charge < -0.3 is 16.2 Å². The Morgan fingerprint density at radius 1 is 0.933 bits per heavy atom. The molecule has 0 aromatic heterocycles. The van der Waals surface area contributed by atoms with Crippen LogP contribution < -0.4 is 11.1 Å². The topological polar surface area (TPSA) is 75.4 Å². The Bertz CT molecular complexity index is 913. The van der Waals surface area contributed by atoms with Gasteiger partial charge in [-0.05, 0) is 48.6 Å². The molecular formula is C26H29N2O2. The fraction of sp³-hybridized carbons (Fsp3) is 0.231. The quantitative estimate of drug-likeness (QED) is 0.429. The van der Waals surface area contributed by atoms with E-state index in [4.69, 9.17) is 5.73 Å². The van der Waals surface area contributed by atoms with Crippen LogP contribution in [0.2, 0.25) is 0 Å². The maximum Gasteiger partial charge on any atom is 0.248 e. The first kappa shape index (κ1) is 21.8. The second-order valence-corrected chi connectivity index (χ2v) is 7.40. The van der Waals surface area contributed by atoms with Gasteiger partial charge in [0.1, 0.15) is 0 Å². The van der Waals surface area contributed by atoms with Gasteiger partial charge in [0.05, 0.1) is 6.10 Å². The van der Waals surface area contributed by atoms with E-state index < -0.39 is 12.0 Å². The van der Waals surface area contributed by atoms with E-state index in [1.165, 1.54) is 5.56 Å². The molecule has 3 aromatic carbocycles. The van der Waals surface area contributed by atoms with E-state index in [-0.39, 0.29) is 5.92 Å². The van der Waals surface area contributed by atoms with Crippen LogP contribution in [0.3, 0.4) is 0 Å². The maximum atomic E-state index is 11.9. The Balaban J connectivity index is 1.58. The summed E-state index contributed by atoms with van der Waals surface area (Å²) in [6.45, 7) is 1.20. The normalized spacial score (nSPS) is 13.0. The minimum Gasteiger partial charge on any atom is -0.391 e. The molecule has 3 aromatic rings. The monoisotopic (exact) mass is 401 g/mol. The van der Waals surface area contributed by atoms with Crippen molar-refractivity contribution >= 4 is 5.91 Å². The van der Waals surface area contributed by atoms with Gasteiger partial charge in [0.2, 0.25) is 5.91 Å². The summed E-state index contributed by atoms with van der Waals surface area (Å²) in [5.41, 5.74) is 9.44. The lowest BCUT2D eigenvalue weighted by molar-refractivity contribution is 0.0999. The third kappa shape index (κ3) is 6.28. The molecule has 1 amide bonds. The van der Waals surface area contributed by atoms with Crippen molar-refractivity contribution in [2.24, 2.45) is 5.73 Å². The highest BCUT2D eigenvalue weighted by atomic mass is 16.3. The van der Waals surface area contributed by atoms with Gasteiger partial charge in [0.25, 0.3) is 0 Å². The van der Waals surface area contributed by atoms with Crippen LogP contribution in [0.15, 0.2) is 84.9 Å². The second kappa shape index (κ2) is 11.3. The fourth-order valence-corrected chi connectivity index (χ4v) is 3.68. The third-order valence-corrected chi connectivity index (χ3v) is 5.24. The van der Waals surface area contributed by atoms with E-state index in [0.717, 1.165) is 24.0 Å². The standard InChI is InChI=1S/C26H29N2O2/c27-26(30)25-14-8-7-13-24(25)23(21-11-5-2-6-12-21)17-18-28-19-22(29)16-15-20-9-3-1-4-10-20/h1-14,16,22-23,28-29H,15,17-19H2,(H2,27,30)/t22-,23?/m1/s1. The van der Waals surface area contributed by atoms with Crippen LogP contribution in [0.4, 0.5) is 0 Å². The minimum absolute atomic E-state index is 0.0489. The van der Waals surface area contributed by atoms with Crippen molar-refractivity contribution in [3.05, 3.63) is 114 Å². The number of nitrogens with two attached hydrogens (primary N) is 1. The Morgan fingerprint density at radius 3 is 2.27 bits per heavy atom. The maximum absolute atomic E-state index is 11.9. The largest absolute Gasteiger partial charge is 0.391 e. The molecule has 1 unspecified atom stereocenters. The molecule has 0 spiro atoms. The molecule has 155 valence electrons. The molecule has 0 saturated heterocycles. The van der Waals surface area contributed by atoms with Crippen molar-refractivity contribution in [3.8, 4) is 0 Å². The van der Waals surface area contributed by atoms with Crippen molar-refractivity contribution in [2.45, 2.75) is 24.9 Å². The van der Waals surface area contributed by atoms with Gasteiger partial charge in [-0.15, -0.1) is 0 Å². The number of carbonyl (C=O) groups is 1. The predicted molar refractivity (Wildman–Crippen MR) is 121 cm³/mol. The smallest absolute Gasteiger partial charge is 0.248 e. The van der Waals surface area contributed by atoms with Crippen molar-refractivity contribution in [1.29, 1.82) is 0 Å². The van der Waals surface area contributed by atoms with Crippen LogP contribution in [-0.4, -0.2) is 30.2 Å². The van der Waals surface area contributed by atoms with Crippen molar-refractivity contribution < 1.29 is 9.90 Å². The molecule has 4 N–H and O–H groups in total. The van der Waals surface area contributed by atoms with Crippen LogP contribution >= 0.6 is 0 Å². The van der Waals surface area contributed by atoms with E-state index in [2.05, 4.69) is 29.6 Å². The first-order chi connectivity index (χ1) is 14.6. The first-order valence-corrected chi connectivity index (χ1v) is 10.3. The first-order valence-electron chi connectivity index (χ1n) is 10.3. The molecule has 3 rings (SSSR count). The van der Waals surface area contributed by atoms with Crippen LogP contribution in [-0.2, 0) is 6.42 Å². The summed E-state index contributed by atoms with van der Waals surface area (Å²) < 4.78 is 0. The summed E-state index contributed by atoms with van der Waals surface area (Å²) in [7, 11) is 0.